The monoisotopic (exact) mass is 223 g/mol. The second-order valence-corrected chi connectivity index (χ2v) is 6.06. The molecule has 1 atom stereocenters. The molecule has 0 N–H and O–H groups in total. The van der Waals surface area contributed by atoms with Gasteiger partial charge in [0.2, 0.25) is 0 Å². The van der Waals surface area contributed by atoms with Gasteiger partial charge in [0.25, 0.3) is 0 Å². The normalized spacial score (nSPS) is 22.6. The van der Waals surface area contributed by atoms with Crippen molar-refractivity contribution >= 4 is 6.03 Å². The fraction of sp³-hybridized carbons (Fsp3) is 0.833. The van der Waals surface area contributed by atoms with Gasteiger partial charge in [0.1, 0.15) is 5.54 Å². The van der Waals surface area contributed by atoms with Crippen molar-refractivity contribution in [2.24, 2.45) is 5.41 Å². The van der Waals surface area contributed by atoms with Crippen molar-refractivity contribution in [1.82, 2.24) is 9.80 Å². The number of amides is 2. The van der Waals surface area contributed by atoms with Crippen LogP contribution in [0.25, 0.3) is 0 Å². The van der Waals surface area contributed by atoms with Crippen LogP contribution in [0.2, 0.25) is 0 Å². The molecule has 0 aromatic rings. The lowest BCUT2D eigenvalue weighted by molar-refractivity contribution is 0.167. The maximum absolute atomic E-state index is 12.1. The fourth-order valence-corrected chi connectivity index (χ4v) is 2.08. The van der Waals surface area contributed by atoms with E-state index in [0.717, 1.165) is 0 Å². The third-order valence-corrected chi connectivity index (χ3v) is 3.30. The van der Waals surface area contributed by atoms with Crippen LogP contribution in [0.5, 0.6) is 0 Å². The third-order valence-electron chi connectivity index (χ3n) is 3.30. The van der Waals surface area contributed by atoms with Gasteiger partial charge in [-0.1, -0.05) is 20.8 Å². The maximum atomic E-state index is 12.1. The number of carbonyl (C=O) groups is 1. The predicted molar refractivity (Wildman–Crippen MR) is 62.8 cm³/mol. The SMILES string of the molecule is CN1C(=O)N(C(C)(C)C#N)CC1C(C)(C)C. The summed E-state index contributed by atoms with van der Waals surface area (Å²) < 4.78 is 0. The molecule has 1 aliphatic heterocycles. The van der Waals surface area contributed by atoms with Crippen molar-refractivity contribution in [3.8, 4) is 6.07 Å². The molecule has 0 bridgehead atoms. The van der Waals surface area contributed by atoms with E-state index in [9.17, 15) is 4.79 Å². The molecule has 0 radical (unpaired) electrons. The molecule has 1 unspecified atom stereocenters. The van der Waals surface area contributed by atoms with E-state index < -0.39 is 5.54 Å². The molecule has 16 heavy (non-hydrogen) atoms. The second kappa shape index (κ2) is 3.65. The molecule has 1 fully saturated rings. The van der Waals surface area contributed by atoms with E-state index in [4.69, 9.17) is 5.26 Å². The van der Waals surface area contributed by atoms with Gasteiger partial charge >= 0.3 is 6.03 Å². The molecule has 0 spiro atoms. The summed E-state index contributed by atoms with van der Waals surface area (Å²) in [4.78, 5) is 15.5. The first-order valence-corrected chi connectivity index (χ1v) is 5.57. The average Bonchev–Trinajstić information content (AvgIpc) is 2.44. The number of hydrogen-bond acceptors (Lipinski definition) is 2. The van der Waals surface area contributed by atoms with E-state index in [1.807, 2.05) is 7.05 Å². The molecule has 0 aromatic carbocycles. The molecule has 4 heteroatoms. The predicted octanol–water partition coefficient (Wildman–Crippen LogP) is 2.07. The molecule has 0 aromatic heterocycles. The molecular weight excluding hydrogens is 202 g/mol. The molecule has 1 saturated heterocycles. The van der Waals surface area contributed by atoms with Crippen molar-refractivity contribution in [2.75, 3.05) is 13.6 Å². The number of carbonyl (C=O) groups excluding carboxylic acids is 1. The molecule has 2 amide bonds. The lowest BCUT2D eigenvalue weighted by Gasteiger charge is -2.31. The van der Waals surface area contributed by atoms with Crippen LogP contribution in [0.4, 0.5) is 4.79 Å². The minimum atomic E-state index is -0.731. The number of rotatable bonds is 1. The molecule has 4 nitrogen and oxygen atoms in total. The lowest BCUT2D eigenvalue weighted by Crippen LogP contribution is -2.44. The van der Waals surface area contributed by atoms with Crippen molar-refractivity contribution in [2.45, 2.75) is 46.2 Å². The number of urea groups is 1. The first-order chi connectivity index (χ1) is 7.11. The highest BCUT2D eigenvalue weighted by molar-refractivity contribution is 5.78. The van der Waals surface area contributed by atoms with Crippen LogP contribution in [0.3, 0.4) is 0 Å². The number of nitrogens with zero attached hydrogens (tertiary/aromatic N) is 3. The zero-order valence-electron chi connectivity index (χ0n) is 11.0. The molecule has 1 rings (SSSR count). The summed E-state index contributed by atoms with van der Waals surface area (Å²) in [5.41, 5.74) is -0.698. The summed E-state index contributed by atoms with van der Waals surface area (Å²) in [6, 6.07) is 2.29. The van der Waals surface area contributed by atoms with Gasteiger partial charge in [-0.2, -0.15) is 5.26 Å². The summed E-state index contributed by atoms with van der Waals surface area (Å²) >= 11 is 0. The van der Waals surface area contributed by atoms with Crippen LogP contribution in [-0.4, -0.2) is 41.0 Å². The smallest absolute Gasteiger partial charge is 0.321 e. The maximum Gasteiger partial charge on any atom is 0.321 e. The molecule has 1 heterocycles. The number of nitriles is 1. The second-order valence-electron chi connectivity index (χ2n) is 6.06. The minimum absolute atomic E-state index is 0.0324. The summed E-state index contributed by atoms with van der Waals surface area (Å²) in [5, 5.41) is 9.09. The van der Waals surface area contributed by atoms with Crippen LogP contribution in [-0.2, 0) is 0 Å². The highest BCUT2D eigenvalue weighted by atomic mass is 16.2. The van der Waals surface area contributed by atoms with Gasteiger partial charge in [0.05, 0.1) is 12.1 Å². The van der Waals surface area contributed by atoms with Crippen molar-refractivity contribution in [3.63, 3.8) is 0 Å². The average molecular weight is 223 g/mol. The number of hydrogen-bond donors (Lipinski definition) is 0. The Morgan fingerprint density at radius 1 is 1.31 bits per heavy atom. The first kappa shape index (κ1) is 12.8. The fourth-order valence-electron chi connectivity index (χ4n) is 2.08. The Labute approximate surface area is 97.8 Å². The highest BCUT2D eigenvalue weighted by Gasteiger charge is 2.46. The van der Waals surface area contributed by atoms with Gasteiger partial charge in [-0.05, 0) is 19.3 Å². The minimum Gasteiger partial charge on any atom is -0.322 e. The largest absolute Gasteiger partial charge is 0.322 e. The third kappa shape index (κ3) is 1.99. The molecule has 90 valence electrons. The Balaban J connectivity index is 2.98. The van der Waals surface area contributed by atoms with Crippen molar-refractivity contribution in [3.05, 3.63) is 0 Å². The van der Waals surface area contributed by atoms with E-state index in [1.165, 1.54) is 0 Å². The van der Waals surface area contributed by atoms with Gasteiger partial charge in [-0.25, -0.2) is 4.79 Å². The molecule has 0 saturated carbocycles. The van der Waals surface area contributed by atoms with Crippen LogP contribution < -0.4 is 0 Å². The van der Waals surface area contributed by atoms with Crippen LogP contribution in [0.15, 0.2) is 0 Å². The summed E-state index contributed by atoms with van der Waals surface area (Å²) in [5.74, 6) is 0. The number of likely N-dealkylation sites (N-methyl/N-ethyl adjacent to an activating group) is 1. The van der Waals surface area contributed by atoms with E-state index in [1.54, 1.807) is 23.6 Å². The Morgan fingerprint density at radius 2 is 1.81 bits per heavy atom. The van der Waals surface area contributed by atoms with Crippen molar-refractivity contribution < 1.29 is 4.79 Å². The van der Waals surface area contributed by atoms with Gasteiger partial charge in [0.15, 0.2) is 0 Å². The van der Waals surface area contributed by atoms with Gasteiger partial charge in [-0.3, -0.25) is 0 Å². The van der Waals surface area contributed by atoms with Crippen LogP contribution in [0, 0.1) is 16.7 Å². The van der Waals surface area contributed by atoms with Crippen molar-refractivity contribution in [1.29, 1.82) is 5.26 Å². The summed E-state index contributed by atoms with van der Waals surface area (Å²) in [6.07, 6.45) is 0. The topological polar surface area (TPSA) is 47.3 Å². The molecule has 1 aliphatic rings. The lowest BCUT2D eigenvalue weighted by atomic mass is 9.86. The van der Waals surface area contributed by atoms with Gasteiger partial charge in [0, 0.05) is 13.6 Å². The van der Waals surface area contributed by atoms with E-state index >= 15 is 0 Å². The quantitative estimate of drug-likeness (QED) is 0.683. The van der Waals surface area contributed by atoms with Gasteiger partial charge < -0.3 is 9.80 Å². The first-order valence-electron chi connectivity index (χ1n) is 5.57. The van der Waals surface area contributed by atoms with E-state index in [-0.39, 0.29) is 17.5 Å². The van der Waals surface area contributed by atoms with Crippen LogP contribution in [0.1, 0.15) is 34.6 Å². The molecule has 0 aliphatic carbocycles. The summed E-state index contributed by atoms with van der Waals surface area (Å²) in [6.45, 7) is 10.5. The standard InChI is InChI=1S/C12H21N3O/c1-11(2,3)9-7-15(10(16)14(9)6)12(4,5)8-13/h9H,7H2,1-6H3. The Hall–Kier alpha value is -1.24. The summed E-state index contributed by atoms with van der Waals surface area (Å²) in [7, 11) is 1.81. The zero-order valence-corrected chi connectivity index (χ0v) is 11.0. The highest BCUT2D eigenvalue weighted by Crippen LogP contribution is 2.32. The van der Waals surface area contributed by atoms with E-state index in [2.05, 4.69) is 26.8 Å². The molecular formula is C12H21N3O. The van der Waals surface area contributed by atoms with Crippen LogP contribution >= 0.6 is 0 Å². The Morgan fingerprint density at radius 3 is 2.12 bits per heavy atom. The van der Waals surface area contributed by atoms with Gasteiger partial charge in [-0.15, -0.1) is 0 Å². The Bertz CT molecular complexity index is 335. The zero-order chi connectivity index (χ0) is 12.7. The van der Waals surface area contributed by atoms with E-state index in [0.29, 0.717) is 6.54 Å². The Kier molecular flexibility index (Phi) is 2.93.